The number of amides is 1. The third-order valence-electron chi connectivity index (χ3n) is 5.28. The number of nitrogens with zero attached hydrogens (tertiary/aromatic N) is 2. The average molecular weight is 440 g/mol. The van der Waals surface area contributed by atoms with Crippen molar-refractivity contribution in [3.8, 4) is 0 Å². The number of thioether (sulfide) groups is 1. The van der Waals surface area contributed by atoms with Crippen LogP contribution < -0.4 is 5.32 Å². The first-order valence-corrected chi connectivity index (χ1v) is 11.4. The molecule has 0 fully saturated rings. The summed E-state index contributed by atoms with van der Waals surface area (Å²) in [7, 11) is 0. The van der Waals surface area contributed by atoms with Crippen LogP contribution in [0.4, 0.5) is 0 Å². The average Bonchev–Trinajstić information content (AvgIpc) is 3.26. The van der Waals surface area contributed by atoms with E-state index in [-0.39, 0.29) is 5.91 Å². The van der Waals surface area contributed by atoms with Crippen LogP contribution in [0.2, 0.25) is 0 Å². The van der Waals surface area contributed by atoms with Gasteiger partial charge in [-0.3, -0.25) is 9.78 Å². The lowest BCUT2D eigenvalue weighted by Gasteiger charge is -2.10. The molecule has 0 aliphatic heterocycles. The van der Waals surface area contributed by atoms with E-state index in [1.165, 1.54) is 11.8 Å². The summed E-state index contributed by atoms with van der Waals surface area (Å²) >= 11 is 1.49. The predicted molar refractivity (Wildman–Crippen MR) is 128 cm³/mol. The molecule has 0 aliphatic rings. The zero-order valence-electron chi connectivity index (χ0n) is 17.3. The lowest BCUT2D eigenvalue weighted by molar-refractivity contribution is 0.0953. The SMILES string of the molecule is O=C(NCCc1cccc2cccnc12)c1ccccc1CSc1nc2ccccc2o1. The highest BCUT2D eigenvalue weighted by molar-refractivity contribution is 7.98. The minimum atomic E-state index is -0.0769. The number of para-hydroxylation sites is 3. The molecule has 0 unspecified atom stereocenters. The van der Waals surface area contributed by atoms with Crippen molar-refractivity contribution in [2.45, 2.75) is 17.4 Å². The van der Waals surface area contributed by atoms with Crippen LogP contribution in [0.25, 0.3) is 22.0 Å². The van der Waals surface area contributed by atoms with Crippen molar-refractivity contribution in [2.75, 3.05) is 6.54 Å². The number of hydrogen-bond acceptors (Lipinski definition) is 5. The van der Waals surface area contributed by atoms with Crippen LogP contribution in [-0.4, -0.2) is 22.4 Å². The van der Waals surface area contributed by atoms with Crippen LogP contribution in [0.3, 0.4) is 0 Å². The quantitative estimate of drug-likeness (QED) is 0.332. The van der Waals surface area contributed by atoms with Gasteiger partial charge in [0.25, 0.3) is 11.1 Å². The van der Waals surface area contributed by atoms with Crippen LogP contribution in [0, 0.1) is 0 Å². The summed E-state index contributed by atoms with van der Waals surface area (Å²) in [4.78, 5) is 21.9. The van der Waals surface area contributed by atoms with Crippen molar-refractivity contribution >= 4 is 39.7 Å². The molecule has 1 amide bonds. The molecular weight excluding hydrogens is 418 g/mol. The van der Waals surface area contributed by atoms with E-state index in [0.29, 0.717) is 23.1 Å². The second kappa shape index (κ2) is 9.24. The Morgan fingerprint density at radius 3 is 2.66 bits per heavy atom. The topological polar surface area (TPSA) is 68.0 Å². The molecule has 3 aromatic carbocycles. The standard InChI is InChI=1S/C26H21N3O2S/c30-25(28-16-14-19-9-5-8-18-10-6-15-27-24(18)19)21-11-2-1-7-20(21)17-32-26-29-22-12-3-4-13-23(22)31-26/h1-13,15H,14,16-17H2,(H,28,30). The Morgan fingerprint density at radius 1 is 0.906 bits per heavy atom. The van der Waals surface area contributed by atoms with E-state index >= 15 is 0 Å². The van der Waals surface area contributed by atoms with Gasteiger partial charge in [0.05, 0.1) is 5.52 Å². The molecule has 0 aliphatic carbocycles. The Labute approximate surface area is 189 Å². The first kappa shape index (κ1) is 20.3. The predicted octanol–water partition coefficient (Wildman–Crippen LogP) is 5.64. The second-order valence-electron chi connectivity index (χ2n) is 7.39. The molecule has 0 bridgehead atoms. The van der Waals surface area contributed by atoms with Gasteiger partial charge in [0, 0.05) is 29.4 Å². The summed E-state index contributed by atoms with van der Waals surface area (Å²) in [5.74, 6) is 0.524. The maximum Gasteiger partial charge on any atom is 0.257 e. The van der Waals surface area contributed by atoms with Gasteiger partial charge in [0.1, 0.15) is 5.52 Å². The summed E-state index contributed by atoms with van der Waals surface area (Å²) in [5, 5.41) is 4.77. The van der Waals surface area contributed by atoms with Crippen molar-refractivity contribution in [1.82, 2.24) is 15.3 Å². The third-order valence-corrected chi connectivity index (χ3v) is 6.16. The molecule has 5 nitrogen and oxygen atoms in total. The molecule has 0 saturated carbocycles. The number of pyridine rings is 1. The Morgan fingerprint density at radius 2 is 1.72 bits per heavy atom. The Bertz CT molecular complexity index is 1360. The number of carbonyl (C=O) groups excluding carboxylic acids is 1. The number of carbonyl (C=O) groups is 1. The molecule has 32 heavy (non-hydrogen) atoms. The van der Waals surface area contributed by atoms with Gasteiger partial charge in [0.15, 0.2) is 5.58 Å². The summed E-state index contributed by atoms with van der Waals surface area (Å²) < 4.78 is 5.78. The highest BCUT2D eigenvalue weighted by Crippen LogP contribution is 2.27. The van der Waals surface area contributed by atoms with E-state index < -0.39 is 0 Å². The van der Waals surface area contributed by atoms with E-state index in [1.54, 1.807) is 6.20 Å². The van der Waals surface area contributed by atoms with Crippen LogP contribution in [-0.2, 0) is 12.2 Å². The Kier molecular flexibility index (Phi) is 5.85. The summed E-state index contributed by atoms with van der Waals surface area (Å²) in [5.41, 5.74) is 5.34. The molecule has 1 N–H and O–H groups in total. The second-order valence-corrected chi connectivity index (χ2v) is 8.32. The van der Waals surface area contributed by atoms with Gasteiger partial charge in [-0.15, -0.1) is 0 Å². The summed E-state index contributed by atoms with van der Waals surface area (Å²) in [6.45, 7) is 0.543. The maximum absolute atomic E-state index is 12.9. The smallest absolute Gasteiger partial charge is 0.257 e. The Balaban J connectivity index is 1.24. The van der Waals surface area contributed by atoms with Crippen LogP contribution in [0.1, 0.15) is 21.5 Å². The minimum absolute atomic E-state index is 0.0769. The van der Waals surface area contributed by atoms with E-state index in [0.717, 1.165) is 39.6 Å². The van der Waals surface area contributed by atoms with E-state index in [9.17, 15) is 4.79 Å². The zero-order chi connectivity index (χ0) is 21.8. The van der Waals surface area contributed by atoms with E-state index in [4.69, 9.17) is 4.42 Å². The van der Waals surface area contributed by atoms with Gasteiger partial charge in [-0.25, -0.2) is 4.98 Å². The third kappa shape index (κ3) is 4.36. The van der Waals surface area contributed by atoms with Crippen molar-refractivity contribution in [1.29, 1.82) is 0 Å². The van der Waals surface area contributed by atoms with Crippen molar-refractivity contribution in [3.05, 3.63) is 102 Å². The molecule has 158 valence electrons. The number of benzene rings is 3. The highest BCUT2D eigenvalue weighted by Gasteiger charge is 2.13. The zero-order valence-corrected chi connectivity index (χ0v) is 18.1. The number of fused-ring (bicyclic) bond motifs is 2. The fourth-order valence-corrected chi connectivity index (χ4v) is 4.54. The molecule has 5 rings (SSSR count). The van der Waals surface area contributed by atoms with E-state index in [2.05, 4.69) is 33.5 Å². The number of rotatable bonds is 7. The van der Waals surface area contributed by atoms with Gasteiger partial charge in [0.2, 0.25) is 0 Å². The molecular formula is C26H21N3O2S. The molecule has 0 radical (unpaired) electrons. The van der Waals surface area contributed by atoms with E-state index in [1.807, 2.05) is 60.7 Å². The minimum Gasteiger partial charge on any atom is -0.431 e. The fourth-order valence-electron chi connectivity index (χ4n) is 3.70. The molecule has 5 aromatic rings. The summed E-state index contributed by atoms with van der Waals surface area (Å²) in [6, 6.07) is 25.5. The van der Waals surface area contributed by atoms with Crippen molar-refractivity contribution in [2.24, 2.45) is 0 Å². The monoisotopic (exact) mass is 439 g/mol. The number of hydrogen-bond donors (Lipinski definition) is 1. The molecule has 2 heterocycles. The molecule has 0 saturated heterocycles. The van der Waals surface area contributed by atoms with Crippen LogP contribution in [0.5, 0.6) is 0 Å². The van der Waals surface area contributed by atoms with Gasteiger partial charge in [-0.05, 0) is 41.8 Å². The normalized spacial score (nSPS) is 11.1. The molecule has 2 aromatic heterocycles. The number of oxazole rings is 1. The van der Waals surface area contributed by atoms with Gasteiger partial charge >= 0.3 is 0 Å². The van der Waals surface area contributed by atoms with Gasteiger partial charge in [-0.2, -0.15) is 0 Å². The Hall–Kier alpha value is -3.64. The molecule has 0 spiro atoms. The van der Waals surface area contributed by atoms with Gasteiger partial charge < -0.3 is 9.73 Å². The number of aromatic nitrogens is 2. The first-order chi connectivity index (χ1) is 15.8. The highest BCUT2D eigenvalue weighted by atomic mass is 32.2. The first-order valence-electron chi connectivity index (χ1n) is 10.4. The van der Waals surface area contributed by atoms with Gasteiger partial charge in [-0.1, -0.05) is 66.4 Å². The summed E-state index contributed by atoms with van der Waals surface area (Å²) in [6.07, 6.45) is 2.52. The lowest BCUT2D eigenvalue weighted by Crippen LogP contribution is -2.26. The molecule has 0 atom stereocenters. The van der Waals surface area contributed by atoms with Crippen LogP contribution in [0.15, 0.2) is 94.7 Å². The van der Waals surface area contributed by atoms with Crippen LogP contribution >= 0.6 is 11.8 Å². The van der Waals surface area contributed by atoms with Crippen molar-refractivity contribution < 1.29 is 9.21 Å². The maximum atomic E-state index is 12.9. The van der Waals surface area contributed by atoms with Crippen molar-refractivity contribution in [3.63, 3.8) is 0 Å². The largest absolute Gasteiger partial charge is 0.431 e. The molecule has 6 heteroatoms. The number of nitrogens with one attached hydrogen (secondary N) is 1. The fraction of sp³-hybridized carbons (Fsp3) is 0.115. The lowest BCUT2D eigenvalue weighted by atomic mass is 10.1.